The highest BCUT2D eigenvalue weighted by molar-refractivity contribution is 6.30. The first kappa shape index (κ1) is 18.0. The first-order valence-corrected chi connectivity index (χ1v) is 7.94. The van der Waals surface area contributed by atoms with E-state index in [0.29, 0.717) is 13.0 Å². The third-order valence-electron chi connectivity index (χ3n) is 3.69. The summed E-state index contributed by atoms with van der Waals surface area (Å²) in [6.07, 6.45) is 3.14. The van der Waals surface area contributed by atoms with Gasteiger partial charge in [-0.05, 0) is 55.8 Å². The van der Waals surface area contributed by atoms with Crippen molar-refractivity contribution in [3.63, 3.8) is 0 Å². The number of hydrogen-bond donors (Lipinski definition) is 2. The molecule has 4 heteroatoms. The summed E-state index contributed by atoms with van der Waals surface area (Å²) in [6.45, 7) is 6.99. The molecule has 118 valence electrons. The molecular weight excluding hydrogens is 284 g/mol. The lowest BCUT2D eigenvalue weighted by molar-refractivity contribution is -0.122. The van der Waals surface area contributed by atoms with Gasteiger partial charge in [-0.3, -0.25) is 4.79 Å². The summed E-state index contributed by atoms with van der Waals surface area (Å²) >= 11 is 5.97. The van der Waals surface area contributed by atoms with E-state index in [2.05, 4.69) is 19.2 Å². The van der Waals surface area contributed by atoms with Crippen molar-refractivity contribution >= 4 is 17.5 Å². The lowest BCUT2D eigenvalue weighted by Crippen LogP contribution is -2.34. The molecule has 1 rings (SSSR count). The largest absolute Gasteiger partial charge is 0.353 e. The van der Waals surface area contributed by atoms with Crippen LogP contribution in [0.15, 0.2) is 24.3 Å². The quantitative estimate of drug-likeness (QED) is 0.771. The molecule has 3 N–H and O–H groups in total. The molecule has 3 nitrogen and oxygen atoms in total. The predicted molar refractivity (Wildman–Crippen MR) is 89.4 cm³/mol. The maximum absolute atomic E-state index is 12.0. The molecule has 0 bridgehead atoms. The van der Waals surface area contributed by atoms with Gasteiger partial charge in [-0.1, -0.05) is 37.6 Å². The minimum absolute atomic E-state index is 0.105. The average Bonchev–Trinajstić information content (AvgIpc) is 2.36. The number of carbonyl (C=O) groups is 1. The Morgan fingerprint density at radius 2 is 2.10 bits per heavy atom. The minimum atomic E-state index is 0.105. The molecule has 0 aliphatic heterocycles. The Labute approximate surface area is 133 Å². The smallest absolute Gasteiger partial charge is 0.220 e. The Kier molecular flexibility index (Phi) is 7.20. The van der Waals surface area contributed by atoms with Crippen LogP contribution in [0.1, 0.15) is 45.6 Å². The van der Waals surface area contributed by atoms with E-state index in [0.717, 1.165) is 29.8 Å². The monoisotopic (exact) mass is 310 g/mol. The van der Waals surface area contributed by atoms with Crippen molar-refractivity contribution in [1.82, 2.24) is 5.32 Å². The van der Waals surface area contributed by atoms with Crippen molar-refractivity contribution in [3.8, 4) is 0 Å². The molecule has 1 unspecified atom stereocenters. The third-order valence-corrected chi connectivity index (χ3v) is 3.92. The third kappa shape index (κ3) is 7.49. The molecule has 1 aromatic carbocycles. The predicted octanol–water partition coefficient (Wildman–Crippen LogP) is 3.54. The van der Waals surface area contributed by atoms with Gasteiger partial charge in [-0.25, -0.2) is 0 Å². The number of rotatable bonds is 8. The van der Waals surface area contributed by atoms with Gasteiger partial charge < -0.3 is 11.1 Å². The SMILES string of the molecule is CC(Cc1cccc(Cl)c1)NC(=O)CCC(C)(C)CCN. The van der Waals surface area contributed by atoms with Crippen LogP contribution in [0, 0.1) is 5.41 Å². The van der Waals surface area contributed by atoms with Crippen LogP contribution in [0.25, 0.3) is 0 Å². The van der Waals surface area contributed by atoms with Gasteiger partial charge in [0, 0.05) is 17.5 Å². The summed E-state index contributed by atoms with van der Waals surface area (Å²) in [6, 6.07) is 7.86. The molecule has 0 fully saturated rings. The standard InChI is InChI=1S/C17H27ClN2O/c1-13(11-14-5-4-6-15(18)12-14)20-16(21)7-8-17(2,3)9-10-19/h4-6,12-13H,7-11,19H2,1-3H3,(H,20,21). The van der Waals surface area contributed by atoms with Crippen LogP contribution in [0.5, 0.6) is 0 Å². The molecule has 21 heavy (non-hydrogen) atoms. The zero-order chi connectivity index (χ0) is 15.9. The second-order valence-electron chi connectivity index (χ2n) is 6.51. The number of nitrogens with two attached hydrogens (primary N) is 1. The zero-order valence-electron chi connectivity index (χ0n) is 13.3. The molecule has 0 heterocycles. The van der Waals surface area contributed by atoms with Crippen molar-refractivity contribution in [2.75, 3.05) is 6.54 Å². The molecule has 0 radical (unpaired) electrons. The van der Waals surface area contributed by atoms with Gasteiger partial charge in [0.2, 0.25) is 5.91 Å². The van der Waals surface area contributed by atoms with E-state index in [4.69, 9.17) is 17.3 Å². The Morgan fingerprint density at radius 1 is 1.38 bits per heavy atom. The summed E-state index contributed by atoms with van der Waals surface area (Å²) < 4.78 is 0. The Morgan fingerprint density at radius 3 is 2.71 bits per heavy atom. The summed E-state index contributed by atoms with van der Waals surface area (Å²) in [5.41, 5.74) is 6.85. The van der Waals surface area contributed by atoms with Gasteiger partial charge in [0.1, 0.15) is 0 Å². The van der Waals surface area contributed by atoms with Crippen LogP contribution < -0.4 is 11.1 Å². The summed E-state index contributed by atoms with van der Waals surface area (Å²) in [5.74, 6) is 0.106. The molecule has 1 amide bonds. The Bertz CT molecular complexity index is 460. The van der Waals surface area contributed by atoms with Gasteiger partial charge in [0.05, 0.1) is 0 Å². The Balaban J connectivity index is 2.37. The fourth-order valence-corrected chi connectivity index (χ4v) is 2.60. The van der Waals surface area contributed by atoms with E-state index in [1.54, 1.807) is 0 Å². The van der Waals surface area contributed by atoms with Crippen LogP contribution in [-0.2, 0) is 11.2 Å². The fourth-order valence-electron chi connectivity index (χ4n) is 2.38. The molecule has 0 spiro atoms. The molecule has 0 aliphatic carbocycles. The van der Waals surface area contributed by atoms with E-state index in [1.807, 2.05) is 31.2 Å². The molecule has 0 aromatic heterocycles. The van der Waals surface area contributed by atoms with Gasteiger partial charge in [-0.15, -0.1) is 0 Å². The molecule has 1 atom stereocenters. The number of hydrogen-bond acceptors (Lipinski definition) is 2. The topological polar surface area (TPSA) is 55.1 Å². The van der Waals surface area contributed by atoms with Crippen molar-refractivity contribution < 1.29 is 4.79 Å². The molecule has 0 saturated carbocycles. The van der Waals surface area contributed by atoms with E-state index >= 15 is 0 Å². The second-order valence-corrected chi connectivity index (χ2v) is 6.94. The van der Waals surface area contributed by atoms with Crippen molar-refractivity contribution in [1.29, 1.82) is 0 Å². The fraction of sp³-hybridized carbons (Fsp3) is 0.588. The highest BCUT2D eigenvalue weighted by Crippen LogP contribution is 2.25. The average molecular weight is 311 g/mol. The highest BCUT2D eigenvalue weighted by atomic mass is 35.5. The maximum atomic E-state index is 12.0. The van der Waals surface area contributed by atoms with E-state index in [1.165, 1.54) is 0 Å². The van der Waals surface area contributed by atoms with Gasteiger partial charge in [0.25, 0.3) is 0 Å². The second kappa shape index (κ2) is 8.40. The molecular formula is C17H27ClN2O. The number of halogens is 1. The zero-order valence-corrected chi connectivity index (χ0v) is 14.0. The van der Waals surface area contributed by atoms with Crippen LogP contribution in [-0.4, -0.2) is 18.5 Å². The van der Waals surface area contributed by atoms with Gasteiger partial charge in [-0.2, -0.15) is 0 Å². The molecule has 0 saturated heterocycles. The van der Waals surface area contributed by atoms with E-state index < -0.39 is 0 Å². The van der Waals surface area contributed by atoms with Crippen LogP contribution in [0.4, 0.5) is 0 Å². The number of amides is 1. The number of nitrogens with one attached hydrogen (secondary N) is 1. The minimum Gasteiger partial charge on any atom is -0.353 e. The summed E-state index contributed by atoms with van der Waals surface area (Å²) in [7, 11) is 0. The maximum Gasteiger partial charge on any atom is 0.220 e. The number of carbonyl (C=O) groups excluding carboxylic acids is 1. The molecule has 1 aromatic rings. The van der Waals surface area contributed by atoms with E-state index in [-0.39, 0.29) is 17.4 Å². The summed E-state index contributed by atoms with van der Waals surface area (Å²) in [4.78, 5) is 12.0. The van der Waals surface area contributed by atoms with Gasteiger partial charge >= 0.3 is 0 Å². The van der Waals surface area contributed by atoms with Crippen LogP contribution in [0.3, 0.4) is 0 Å². The first-order valence-electron chi connectivity index (χ1n) is 7.56. The van der Waals surface area contributed by atoms with Crippen LogP contribution in [0.2, 0.25) is 5.02 Å². The van der Waals surface area contributed by atoms with Crippen molar-refractivity contribution in [2.45, 2.75) is 52.5 Å². The van der Waals surface area contributed by atoms with Gasteiger partial charge in [0.15, 0.2) is 0 Å². The first-order chi connectivity index (χ1) is 9.82. The van der Waals surface area contributed by atoms with Crippen molar-refractivity contribution in [2.24, 2.45) is 11.1 Å². The normalized spacial score (nSPS) is 13.0. The lowest BCUT2D eigenvalue weighted by Gasteiger charge is -2.24. The lowest BCUT2D eigenvalue weighted by atomic mass is 9.84. The van der Waals surface area contributed by atoms with Crippen LogP contribution >= 0.6 is 11.6 Å². The highest BCUT2D eigenvalue weighted by Gasteiger charge is 2.18. The molecule has 0 aliphatic rings. The van der Waals surface area contributed by atoms with Crippen molar-refractivity contribution in [3.05, 3.63) is 34.9 Å². The summed E-state index contributed by atoms with van der Waals surface area (Å²) in [5, 5.41) is 3.78. The number of benzene rings is 1. The van der Waals surface area contributed by atoms with E-state index in [9.17, 15) is 4.79 Å². The Hall–Kier alpha value is -1.06.